The molecule has 0 fully saturated rings. The average molecular weight is 296 g/mol. The molecule has 0 saturated heterocycles. The summed E-state index contributed by atoms with van der Waals surface area (Å²) >= 11 is 0. The lowest BCUT2D eigenvalue weighted by Crippen LogP contribution is -2.15. The summed E-state index contributed by atoms with van der Waals surface area (Å²) in [7, 11) is 1.62. The maximum Gasteiger partial charge on any atom is 0.311 e. The quantitative estimate of drug-likeness (QED) is 0.634. The molecule has 118 valence electrons. The number of hydrogen-bond acceptors (Lipinski definition) is 4. The van der Waals surface area contributed by atoms with Crippen LogP contribution in [0.5, 0.6) is 0 Å². The topological polar surface area (TPSA) is 65.0 Å². The number of rotatable bonds is 11. The fraction of sp³-hybridized carbons (Fsp3) is 0.562. The van der Waals surface area contributed by atoms with E-state index in [1.165, 1.54) is 0 Å². The maximum absolute atomic E-state index is 11.4. The molecule has 1 N–H and O–H groups in total. The highest BCUT2D eigenvalue weighted by Crippen LogP contribution is 2.21. The second kappa shape index (κ2) is 10.3. The van der Waals surface area contributed by atoms with Gasteiger partial charge >= 0.3 is 5.97 Å². The summed E-state index contributed by atoms with van der Waals surface area (Å²) in [5.41, 5.74) is 1.88. The van der Waals surface area contributed by atoms with Crippen molar-refractivity contribution in [3.8, 4) is 0 Å². The van der Waals surface area contributed by atoms with Crippen LogP contribution in [0, 0.1) is 6.92 Å². The van der Waals surface area contributed by atoms with Crippen molar-refractivity contribution in [3.63, 3.8) is 0 Å². The summed E-state index contributed by atoms with van der Waals surface area (Å²) in [6.07, 6.45) is 0.455. The Bertz CT molecular complexity index is 419. The summed E-state index contributed by atoms with van der Waals surface area (Å²) in [6, 6.07) is 7.59. The van der Waals surface area contributed by atoms with Gasteiger partial charge in [-0.1, -0.05) is 29.8 Å². The Morgan fingerprint density at radius 2 is 1.81 bits per heavy atom. The van der Waals surface area contributed by atoms with E-state index in [0.29, 0.717) is 39.5 Å². The molecule has 1 unspecified atom stereocenters. The number of carbonyl (C=O) groups is 1. The van der Waals surface area contributed by atoms with Crippen molar-refractivity contribution in [3.05, 3.63) is 35.4 Å². The Morgan fingerprint density at radius 3 is 2.43 bits per heavy atom. The highest BCUT2D eigenvalue weighted by Gasteiger charge is 2.19. The van der Waals surface area contributed by atoms with Gasteiger partial charge in [-0.2, -0.15) is 0 Å². The van der Waals surface area contributed by atoms with E-state index in [-0.39, 0.29) is 0 Å². The minimum atomic E-state index is -0.819. The number of aryl methyl sites for hydroxylation is 1. The number of carboxylic acids is 1. The summed E-state index contributed by atoms with van der Waals surface area (Å²) in [6.45, 7) is 4.42. The predicted octanol–water partition coefficient (Wildman–Crippen LogP) is 2.23. The minimum absolute atomic E-state index is 0.401. The number of ether oxygens (including phenoxy) is 3. The number of methoxy groups -OCH3 is 1. The third kappa shape index (κ3) is 7.22. The van der Waals surface area contributed by atoms with Crippen molar-refractivity contribution in [1.29, 1.82) is 0 Å². The average Bonchev–Trinajstić information content (AvgIpc) is 2.45. The SMILES string of the molecule is COCCOCCOCCC(C(=O)O)c1cccc(C)c1. The van der Waals surface area contributed by atoms with Crippen molar-refractivity contribution in [2.24, 2.45) is 0 Å². The molecule has 0 heterocycles. The van der Waals surface area contributed by atoms with E-state index in [1.54, 1.807) is 7.11 Å². The van der Waals surface area contributed by atoms with Gasteiger partial charge in [0, 0.05) is 13.7 Å². The zero-order chi connectivity index (χ0) is 15.5. The van der Waals surface area contributed by atoms with Gasteiger partial charge in [0.25, 0.3) is 0 Å². The molecule has 0 aliphatic carbocycles. The molecule has 0 aliphatic rings. The van der Waals surface area contributed by atoms with Gasteiger partial charge in [0.1, 0.15) is 0 Å². The molecule has 0 bridgehead atoms. The van der Waals surface area contributed by atoms with Crippen LogP contribution in [0.15, 0.2) is 24.3 Å². The van der Waals surface area contributed by atoms with Crippen molar-refractivity contribution >= 4 is 5.97 Å². The standard InChI is InChI=1S/C16H24O5/c1-13-4-3-5-14(12-13)15(16(17)18)6-7-20-10-11-21-9-8-19-2/h3-5,12,15H,6-11H2,1-2H3,(H,17,18). The van der Waals surface area contributed by atoms with E-state index < -0.39 is 11.9 Å². The van der Waals surface area contributed by atoms with Gasteiger partial charge in [0.2, 0.25) is 0 Å². The molecule has 1 aromatic rings. The van der Waals surface area contributed by atoms with Crippen molar-refractivity contribution in [2.45, 2.75) is 19.3 Å². The van der Waals surface area contributed by atoms with Gasteiger partial charge < -0.3 is 19.3 Å². The molecular weight excluding hydrogens is 272 g/mol. The zero-order valence-electron chi connectivity index (χ0n) is 12.7. The predicted molar refractivity (Wildman–Crippen MR) is 79.7 cm³/mol. The smallest absolute Gasteiger partial charge is 0.311 e. The Hall–Kier alpha value is -1.43. The highest BCUT2D eigenvalue weighted by atomic mass is 16.5. The largest absolute Gasteiger partial charge is 0.481 e. The van der Waals surface area contributed by atoms with Crippen molar-refractivity contribution < 1.29 is 24.1 Å². The van der Waals surface area contributed by atoms with Crippen molar-refractivity contribution in [2.75, 3.05) is 40.1 Å². The van der Waals surface area contributed by atoms with Crippen LogP contribution in [-0.2, 0) is 19.0 Å². The van der Waals surface area contributed by atoms with E-state index in [4.69, 9.17) is 14.2 Å². The lowest BCUT2D eigenvalue weighted by Gasteiger charge is -2.13. The molecule has 0 radical (unpaired) electrons. The molecule has 0 spiro atoms. The summed E-state index contributed by atoms with van der Waals surface area (Å²) in [5, 5.41) is 9.32. The van der Waals surface area contributed by atoms with Crippen LogP contribution in [-0.4, -0.2) is 51.2 Å². The van der Waals surface area contributed by atoms with Gasteiger partial charge in [0.05, 0.1) is 32.3 Å². The molecule has 0 amide bonds. The van der Waals surface area contributed by atoms with E-state index in [9.17, 15) is 9.90 Å². The van der Waals surface area contributed by atoms with Crippen molar-refractivity contribution in [1.82, 2.24) is 0 Å². The number of aliphatic carboxylic acids is 1. The van der Waals surface area contributed by atoms with Crippen LogP contribution >= 0.6 is 0 Å². The van der Waals surface area contributed by atoms with Crippen LogP contribution in [0.3, 0.4) is 0 Å². The second-order valence-electron chi connectivity index (χ2n) is 4.81. The number of hydrogen-bond donors (Lipinski definition) is 1. The molecule has 5 heteroatoms. The molecule has 0 aromatic heterocycles. The lowest BCUT2D eigenvalue weighted by atomic mass is 9.95. The maximum atomic E-state index is 11.4. The molecule has 0 saturated carbocycles. The molecule has 1 aromatic carbocycles. The van der Waals surface area contributed by atoms with E-state index in [0.717, 1.165) is 11.1 Å². The van der Waals surface area contributed by atoms with Gasteiger partial charge in [-0.05, 0) is 18.9 Å². The molecule has 21 heavy (non-hydrogen) atoms. The first-order valence-electron chi connectivity index (χ1n) is 7.09. The van der Waals surface area contributed by atoms with E-state index >= 15 is 0 Å². The molecule has 1 rings (SSSR count). The first-order valence-corrected chi connectivity index (χ1v) is 7.09. The molecule has 0 aliphatic heterocycles. The third-order valence-electron chi connectivity index (χ3n) is 3.10. The first kappa shape index (κ1) is 17.6. The first-order chi connectivity index (χ1) is 10.1. The Kier molecular flexibility index (Phi) is 8.66. The summed E-state index contributed by atoms with van der Waals surface area (Å²) in [5.74, 6) is -1.35. The third-order valence-corrected chi connectivity index (χ3v) is 3.10. The van der Waals surface area contributed by atoms with E-state index in [1.807, 2.05) is 31.2 Å². The molecule has 5 nitrogen and oxygen atoms in total. The monoisotopic (exact) mass is 296 g/mol. The van der Waals surface area contributed by atoms with Gasteiger partial charge in [0.15, 0.2) is 0 Å². The fourth-order valence-corrected chi connectivity index (χ4v) is 1.99. The van der Waals surface area contributed by atoms with Gasteiger partial charge in [-0.3, -0.25) is 4.79 Å². The lowest BCUT2D eigenvalue weighted by molar-refractivity contribution is -0.139. The highest BCUT2D eigenvalue weighted by molar-refractivity contribution is 5.76. The summed E-state index contributed by atoms with van der Waals surface area (Å²) < 4.78 is 15.5. The Balaban J connectivity index is 2.28. The van der Waals surface area contributed by atoms with E-state index in [2.05, 4.69) is 0 Å². The summed E-state index contributed by atoms with van der Waals surface area (Å²) in [4.78, 5) is 11.4. The van der Waals surface area contributed by atoms with Crippen LogP contribution < -0.4 is 0 Å². The number of carboxylic acid groups (broad SMARTS) is 1. The fourth-order valence-electron chi connectivity index (χ4n) is 1.99. The Morgan fingerprint density at radius 1 is 1.14 bits per heavy atom. The normalized spacial score (nSPS) is 12.3. The van der Waals surface area contributed by atoms with Crippen LogP contribution in [0.2, 0.25) is 0 Å². The molecular formula is C16H24O5. The minimum Gasteiger partial charge on any atom is -0.481 e. The van der Waals surface area contributed by atoms with Crippen LogP contribution in [0.1, 0.15) is 23.5 Å². The van der Waals surface area contributed by atoms with Gasteiger partial charge in [-0.15, -0.1) is 0 Å². The Labute approximate surface area is 125 Å². The second-order valence-corrected chi connectivity index (χ2v) is 4.81. The number of benzene rings is 1. The zero-order valence-corrected chi connectivity index (χ0v) is 12.7. The van der Waals surface area contributed by atoms with Gasteiger partial charge in [-0.25, -0.2) is 0 Å². The van der Waals surface area contributed by atoms with Crippen LogP contribution in [0.25, 0.3) is 0 Å². The van der Waals surface area contributed by atoms with Crippen LogP contribution in [0.4, 0.5) is 0 Å². The molecule has 1 atom stereocenters.